The number of carbonyl (C=O) groups excluding carboxylic acids is 1. The summed E-state index contributed by atoms with van der Waals surface area (Å²) in [6.07, 6.45) is 5.44. The fraction of sp³-hybridized carbons (Fsp3) is 0.130. The maximum absolute atomic E-state index is 13.3. The highest BCUT2D eigenvalue weighted by molar-refractivity contribution is 7.19. The first-order chi connectivity index (χ1) is 15.6. The summed E-state index contributed by atoms with van der Waals surface area (Å²) < 4.78 is 3.75. The Kier molecular flexibility index (Phi) is 5.42. The molecule has 0 aliphatic heterocycles. The van der Waals surface area contributed by atoms with Crippen LogP contribution in [0.25, 0.3) is 21.3 Å². The number of thiazole rings is 1. The van der Waals surface area contributed by atoms with E-state index in [1.54, 1.807) is 23.7 Å². The Hall–Kier alpha value is -3.56. The van der Waals surface area contributed by atoms with Crippen molar-refractivity contribution in [2.24, 2.45) is 7.05 Å². The molecule has 4 heterocycles. The van der Waals surface area contributed by atoms with E-state index in [0.717, 1.165) is 26.8 Å². The molecule has 1 N–H and O–H groups in total. The van der Waals surface area contributed by atoms with E-state index in [1.807, 2.05) is 77.3 Å². The predicted molar refractivity (Wildman–Crippen MR) is 128 cm³/mol. The second-order valence-electron chi connectivity index (χ2n) is 7.30. The third kappa shape index (κ3) is 4.00. The Morgan fingerprint density at radius 3 is 2.72 bits per heavy atom. The Balaban J connectivity index is 1.45. The van der Waals surface area contributed by atoms with Gasteiger partial charge in [-0.2, -0.15) is 5.10 Å². The lowest BCUT2D eigenvalue weighted by Gasteiger charge is -2.01. The third-order valence-electron chi connectivity index (χ3n) is 4.99. The number of imidazole rings is 1. The van der Waals surface area contributed by atoms with E-state index < -0.39 is 0 Å². The Bertz CT molecular complexity index is 1360. The van der Waals surface area contributed by atoms with Gasteiger partial charge in [-0.05, 0) is 23.9 Å². The van der Waals surface area contributed by atoms with Crippen molar-refractivity contribution in [3.05, 3.63) is 83.3 Å². The van der Waals surface area contributed by atoms with Gasteiger partial charge in [0.15, 0.2) is 11.0 Å². The van der Waals surface area contributed by atoms with Gasteiger partial charge in [-0.1, -0.05) is 47.7 Å². The topological polar surface area (TPSA) is 77.6 Å². The molecule has 0 radical (unpaired) electrons. The van der Waals surface area contributed by atoms with E-state index in [1.165, 1.54) is 11.3 Å². The monoisotopic (exact) mass is 460 g/mol. The SMILES string of the molecule is Cc1nc(NC(=O)c2cn(Cc3ccccc3)nc2-c2cccs2)sc1-c1nccn1C. The average Bonchev–Trinajstić information content (AvgIpc) is 3.56. The standard InChI is InChI=1S/C23H20N6OS2/c1-15-20(21-24-10-11-28(21)2)32-23(25-15)26-22(30)17-14-29(13-16-7-4-3-5-8-16)27-19(17)18-9-6-12-31-18/h3-12,14H,13H2,1-2H3,(H,25,26,30). The first-order valence-electron chi connectivity index (χ1n) is 10.00. The maximum Gasteiger partial charge on any atom is 0.261 e. The van der Waals surface area contributed by atoms with Crippen LogP contribution >= 0.6 is 22.7 Å². The third-order valence-corrected chi connectivity index (χ3v) is 6.93. The van der Waals surface area contributed by atoms with Crippen LogP contribution in [-0.4, -0.2) is 30.2 Å². The minimum absolute atomic E-state index is 0.229. The van der Waals surface area contributed by atoms with E-state index in [4.69, 9.17) is 5.10 Å². The fourth-order valence-electron chi connectivity index (χ4n) is 3.44. The molecule has 0 atom stereocenters. The number of carbonyl (C=O) groups is 1. The number of nitrogens with one attached hydrogen (secondary N) is 1. The number of benzene rings is 1. The predicted octanol–water partition coefficient (Wildman–Crippen LogP) is 5.08. The van der Waals surface area contributed by atoms with Crippen LogP contribution in [-0.2, 0) is 13.6 Å². The molecule has 0 saturated carbocycles. The highest BCUT2D eigenvalue weighted by Gasteiger charge is 2.21. The average molecular weight is 461 g/mol. The summed E-state index contributed by atoms with van der Waals surface area (Å²) in [6, 6.07) is 14.0. The van der Waals surface area contributed by atoms with Gasteiger partial charge < -0.3 is 4.57 Å². The number of hydrogen-bond donors (Lipinski definition) is 1. The zero-order valence-corrected chi connectivity index (χ0v) is 19.2. The van der Waals surface area contributed by atoms with Crippen LogP contribution in [0.4, 0.5) is 5.13 Å². The minimum atomic E-state index is -0.229. The highest BCUT2D eigenvalue weighted by Crippen LogP contribution is 2.32. The molecule has 0 spiro atoms. The first kappa shape index (κ1) is 20.3. The van der Waals surface area contributed by atoms with E-state index in [2.05, 4.69) is 15.3 Å². The lowest BCUT2D eigenvalue weighted by atomic mass is 10.2. The van der Waals surface area contributed by atoms with Crippen LogP contribution in [0.2, 0.25) is 0 Å². The number of hydrogen-bond acceptors (Lipinski definition) is 6. The van der Waals surface area contributed by atoms with Crippen molar-refractivity contribution in [3.8, 4) is 21.3 Å². The molecular formula is C23H20N6OS2. The summed E-state index contributed by atoms with van der Waals surface area (Å²) in [5.74, 6) is 0.600. The van der Waals surface area contributed by atoms with Gasteiger partial charge in [0.25, 0.3) is 5.91 Å². The molecule has 0 saturated heterocycles. The Labute approximate surface area is 193 Å². The number of amides is 1. The molecule has 0 fully saturated rings. The Morgan fingerprint density at radius 1 is 1.16 bits per heavy atom. The summed E-state index contributed by atoms with van der Waals surface area (Å²) in [4.78, 5) is 24.1. The van der Waals surface area contributed by atoms with Crippen LogP contribution in [0.1, 0.15) is 21.6 Å². The molecule has 0 unspecified atom stereocenters. The molecule has 0 aliphatic rings. The molecule has 4 aromatic heterocycles. The van der Waals surface area contributed by atoms with Crippen molar-refractivity contribution in [3.63, 3.8) is 0 Å². The molecule has 7 nitrogen and oxygen atoms in total. The molecular weight excluding hydrogens is 440 g/mol. The van der Waals surface area contributed by atoms with E-state index >= 15 is 0 Å². The fourth-order valence-corrected chi connectivity index (χ4v) is 5.16. The van der Waals surface area contributed by atoms with Crippen molar-refractivity contribution in [1.29, 1.82) is 0 Å². The van der Waals surface area contributed by atoms with Crippen molar-refractivity contribution >= 4 is 33.7 Å². The van der Waals surface area contributed by atoms with Gasteiger partial charge in [-0.25, -0.2) is 9.97 Å². The molecule has 160 valence electrons. The van der Waals surface area contributed by atoms with Crippen molar-refractivity contribution in [2.45, 2.75) is 13.5 Å². The number of aromatic nitrogens is 5. The van der Waals surface area contributed by atoms with Crippen LogP contribution < -0.4 is 5.32 Å². The van der Waals surface area contributed by atoms with Crippen LogP contribution in [0.3, 0.4) is 0 Å². The molecule has 0 bridgehead atoms. The highest BCUT2D eigenvalue weighted by atomic mass is 32.1. The van der Waals surface area contributed by atoms with E-state index in [0.29, 0.717) is 22.9 Å². The molecule has 0 aliphatic carbocycles. The second-order valence-corrected chi connectivity index (χ2v) is 9.25. The van der Waals surface area contributed by atoms with Gasteiger partial charge >= 0.3 is 0 Å². The van der Waals surface area contributed by atoms with Crippen LogP contribution in [0.15, 0.2) is 66.4 Å². The van der Waals surface area contributed by atoms with E-state index in [-0.39, 0.29) is 5.91 Å². The number of anilines is 1. The number of thiophene rings is 1. The quantitative estimate of drug-likeness (QED) is 0.383. The zero-order valence-electron chi connectivity index (χ0n) is 17.5. The van der Waals surface area contributed by atoms with Gasteiger partial charge in [0.2, 0.25) is 0 Å². The lowest BCUT2D eigenvalue weighted by molar-refractivity contribution is 0.102. The summed E-state index contributed by atoms with van der Waals surface area (Å²) in [7, 11) is 1.94. The summed E-state index contributed by atoms with van der Waals surface area (Å²) in [6.45, 7) is 2.51. The zero-order chi connectivity index (χ0) is 22.1. The molecule has 1 amide bonds. The molecule has 5 aromatic rings. The smallest absolute Gasteiger partial charge is 0.261 e. The van der Waals surface area contributed by atoms with Gasteiger partial charge in [-0.3, -0.25) is 14.8 Å². The van der Waals surface area contributed by atoms with Gasteiger partial charge in [0.05, 0.1) is 27.6 Å². The van der Waals surface area contributed by atoms with Crippen molar-refractivity contribution in [1.82, 2.24) is 24.3 Å². The van der Waals surface area contributed by atoms with Crippen molar-refractivity contribution in [2.75, 3.05) is 5.32 Å². The summed E-state index contributed by atoms with van der Waals surface area (Å²) in [5.41, 5.74) is 3.15. The molecule has 32 heavy (non-hydrogen) atoms. The molecule has 9 heteroatoms. The summed E-state index contributed by atoms with van der Waals surface area (Å²) >= 11 is 2.98. The summed E-state index contributed by atoms with van der Waals surface area (Å²) in [5, 5.41) is 10.2. The van der Waals surface area contributed by atoms with Crippen molar-refractivity contribution < 1.29 is 4.79 Å². The van der Waals surface area contributed by atoms with Gasteiger partial charge in [-0.15, -0.1) is 11.3 Å². The molecule has 5 rings (SSSR count). The largest absolute Gasteiger partial charge is 0.333 e. The van der Waals surface area contributed by atoms with Crippen LogP contribution in [0, 0.1) is 6.92 Å². The molecule has 1 aromatic carbocycles. The maximum atomic E-state index is 13.3. The second kappa shape index (κ2) is 8.52. The minimum Gasteiger partial charge on any atom is -0.333 e. The number of aryl methyl sites for hydroxylation is 2. The first-order valence-corrected chi connectivity index (χ1v) is 11.7. The normalized spacial score (nSPS) is 11.1. The Morgan fingerprint density at radius 2 is 2.00 bits per heavy atom. The number of rotatable bonds is 6. The van der Waals surface area contributed by atoms with Gasteiger partial charge in [0.1, 0.15) is 5.69 Å². The lowest BCUT2D eigenvalue weighted by Crippen LogP contribution is -2.12. The van der Waals surface area contributed by atoms with Crippen LogP contribution in [0.5, 0.6) is 0 Å². The van der Waals surface area contributed by atoms with E-state index in [9.17, 15) is 4.79 Å². The van der Waals surface area contributed by atoms with Gasteiger partial charge in [0, 0.05) is 25.6 Å². The number of nitrogens with zero attached hydrogens (tertiary/aromatic N) is 5.